The van der Waals surface area contributed by atoms with Gasteiger partial charge in [-0.1, -0.05) is 19.9 Å². The van der Waals surface area contributed by atoms with E-state index in [4.69, 9.17) is 0 Å². The van der Waals surface area contributed by atoms with Crippen LogP contribution in [0, 0.1) is 6.92 Å². The average Bonchev–Trinajstić information content (AvgIpc) is 2.62. The van der Waals surface area contributed by atoms with Crippen LogP contribution in [0.4, 0.5) is 0 Å². The minimum absolute atomic E-state index is 0.710. The Morgan fingerprint density at radius 2 is 2.00 bits per heavy atom. The Balaban J connectivity index is 0.000000457. The van der Waals surface area contributed by atoms with E-state index in [9.17, 15) is 0 Å². The second-order valence-electron chi connectivity index (χ2n) is 4.23. The van der Waals surface area contributed by atoms with Crippen LogP contribution in [0.25, 0.3) is 11.0 Å². The van der Waals surface area contributed by atoms with Crippen molar-refractivity contribution in [1.29, 1.82) is 0 Å². The molecule has 0 N–H and O–H groups in total. The minimum Gasteiger partial charge on any atom is -0.327 e. The summed E-state index contributed by atoms with van der Waals surface area (Å²) < 4.78 is 2.34. The second kappa shape index (κ2) is 4.69. The molecule has 0 spiro atoms. The minimum atomic E-state index is 0.710. The average molecular weight is 216 g/mol. The third-order valence-electron chi connectivity index (χ3n) is 3.20. The fourth-order valence-electron chi connectivity index (χ4n) is 2.09. The van der Waals surface area contributed by atoms with Crippen molar-refractivity contribution in [3.8, 4) is 0 Å². The van der Waals surface area contributed by atoms with Crippen molar-refractivity contribution < 1.29 is 0 Å². The maximum atomic E-state index is 4.43. The Kier molecular flexibility index (Phi) is 3.28. The Morgan fingerprint density at radius 1 is 1.25 bits per heavy atom. The Morgan fingerprint density at radius 3 is 2.62 bits per heavy atom. The highest BCUT2D eigenvalue weighted by atomic mass is 15.1. The number of hydrogen-bond donors (Lipinski definition) is 0. The number of imidazole rings is 1. The highest BCUT2D eigenvalue weighted by molar-refractivity contribution is 5.76. The van der Waals surface area contributed by atoms with Gasteiger partial charge in [0.15, 0.2) is 0 Å². The Bertz CT molecular complexity index is 467. The van der Waals surface area contributed by atoms with Crippen LogP contribution in [-0.4, -0.2) is 9.55 Å². The molecule has 0 amide bonds. The van der Waals surface area contributed by atoms with E-state index >= 15 is 0 Å². The molecule has 1 aromatic carbocycles. The van der Waals surface area contributed by atoms with Crippen molar-refractivity contribution in [2.24, 2.45) is 0 Å². The second-order valence-corrected chi connectivity index (χ2v) is 4.23. The van der Waals surface area contributed by atoms with Crippen LogP contribution in [-0.2, 0) is 0 Å². The molecule has 0 unspecified atom stereocenters. The zero-order valence-electron chi connectivity index (χ0n) is 10.4. The molecular formula is C14H20N2. The van der Waals surface area contributed by atoms with E-state index in [-0.39, 0.29) is 0 Å². The van der Waals surface area contributed by atoms with Crippen LogP contribution in [0.5, 0.6) is 0 Å². The van der Waals surface area contributed by atoms with Crippen molar-refractivity contribution in [1.82, 2.24) is 9.55 Å². The molecule has 1 heterocycles. The number of rotatable bonds is 1. The summed E-state index contributed by atoms with van der Waals surface area (Å²) >= 11 is 0. The molecule has 3 rings (SSSR count). The van der Waals surface area contributed by atoms with Crippen molar-refractivity contribution in [2.45, 2.75) is 46.1 Å². The van der Waals surface area contributed by atoms with Crippen LogP contribution >= 0.6 is 0 Å². The SMILES string of the molecule is CC.Cc1ccc2ncn(C3CCC3)c2c1. The summed E-state index contributed by atoms with van der Waals surface area (Å²) in [5.41, 5.74) is 3.75. The lowest BCUT2D eigenvalue weighted by Gasteiger charge is -2.27. The molecule has 0 bridgehead atoms. The van der Waals surface area contributed by atoms with Crippen LogP contribution < -0.4 is 0 Å². The lowest BCUT2D eigenvalue weighted by atomic mass is 9.93. The molecule has 1 fully saturated rings. The smallest absolute Gasteiger partial charge is 0.0960 e. The van der Waals surface area contributed by atoms with Gasteiger partial charge in [-0.05, 0) is 43.9 Å². The molecular weight excluding hydrogens is 196 g/mol. The number of aromatic nitrogens is 2. The number of benzene rings is 1. The number of hydrogen-bond acceptors (Lipinski definition) is 1. The molecule has 0 saturated heterocycles. The van der Waals surface area contributed by atoms with E-state index in [1.807, 2.05) is 20.2 Å². The number of fused-ring (bicyclic) bond motifs is 1. The number of aryl methyl sites for hydroxylation is 1. The quantitative estimate of drug-likeness (QED) is 0.702. The molecule has 0 radical (unpaired) electrons. The Hall–Kier alpha value is -1.31. The summed E-state index contributed by atoms with van der Waals surface area (Å²) in [5, 5.41) is 0. The van der Waals surface area contributed by atoms with Crippen LogP contribution in [0.2, 0.25) is 0 Å². The summed E-state index contributed by atoms with van der Waals surface area (Å²) in [4.78, 5) is 4.43. The fourth-order valence-corrected chi connectivity index (χ4v) is 2.09. The summed E-state index contributed by atoms with van der Waals surface area (Å²) in [5.74, 6) is 0. The third kappa shape index (κ3) is 1.84. The predicted octanol–water partition coefficient (Wildman–Crippen LogP) is 4.10. The Labute approximate surface area is 97.3 Å². The lowest BCUT2D eigenvalue weighted by molar-refractivity contribution is 0.320. The molecule has 1 aromatic heterocycles. The van der Waals surface area contributed by atoms with E-state index < -0.39 is 0 Å². The van der Waals surface area contributed by atoms with Gasteiger partial charge in [-0.15, -0.1) is 0 Å². The van der Waals surface area contributed by atoms with E-state index in [0.717, 1.165) is 5.52 Å². The molecule has 0 aliphatic heterocycles. The van der Waals surface area contributed by atoms with Crippen LogP contribution in [0.3, 0.4) is 0 Å². The highest BCUT2D eigenvalue weighted by Crippen LogP contribution is 2.33. The molecule has 2 nitrogen and oxygen atoms in total. The highest BCUT2D eigenvalue weighted by Gasteiger charge is 2.20. The predicted molar refractivity (Wildman–Crippen MR) is 68.7 cm³/mol. The monoisotopic (exact) mass is 216 g/mol. The van der Waals surface area contributed by atoms with Crippen LogP contribution in [0.15, 0.2) is 24.5 Å². The maximum absolute atomic E-state index is 4.43. The van der Waals surface area contributed by atoms with Gasteiger partial charge >= 0.3 is 0 Å². The van der Waals surface area contributed by atoms with Crippen molar-refractivity contribution >= 4 is 11.0 Å². The fraction of sp³-hybridized carbons (Fsp3) is 0.500. The molecule has 1 aliphatic rings. The van der Waals surface area contributed by atoms with Crippen molar-refractivity contribution in [3.05, 3.63) is 30.1 Å². The standard InChI is InChI=1S/C12H14N2.C2H6/c1-9-5-6-11-12(7-9)14(8-13-11)10-3-2-4-10;1-2/h5-8,10H,2-4H2,1H3;1-2H3. The molecule has 1 aliphatic carbocycles. The largest absolute Gasteiger partial charge is 0.327 e. The first-order valence-corrected chi connectivity index (χ1v) is 6.28. The molecule has 86 valence electrons. The zero-order chi connectivity index (χ0) is 11.5. The van der Waals surface area contributed by atoms with Crippen molar-refractivity contribution in [2.75, 3.05) is 0 Å². The summed E-state index contributed by atoms with van der Waals surface area (Å²) in [6, 6.07) is 7.18. The van der Waals surface area contributed by atoms with E-state index in [2.05, 4.69) is 34.7 Å². The van der Waals surface area contributed by atoms with Gasteiger partial charge in [-0.2, -0.15) is 0 Å². The van der Waals surface area contributed by atoms with E-state index in [1.54, 1.807) is 0 Å². The van der Waals surface area contributed by atoms with Crippen molar-refractivity contribution in [3.63, 3.8) is 0 Å². The normalized spacial score (nSPS) is 15.4. The van der Waals surface area contributed by atoms with E-state index in [1.165, 1.54) is 30.3 Å². The molecule has 2 heteroatoms. The summed E-state index contributed by atoms with van der Waals surface area (Å²) in [6.07, 6.45) is 6.00. The summed E-state index contributed by atoms with van der Waals surface area (Å²) in [6.45, 7) is 6.14. The van der Waals surface area contributed by atoms with Gasteiger partial charge in [-0.25, -0.2) is 4.98 Å². The van der Waals surface area contributed by atoms with Crippen LogP contribution in [0.1, 0.15) is 44.7 Å². The van der Waals surface area contributed by atoms with Gasteiger partial charge in [0.1, 0.15) is 0 Å². The first kappa shape index (κ1) is 11.2. The first-order chi connectivity index (χ1) is 7.84. The molecule has 1 saturated carbocycles. The molecule has 0 atom stereocenters. The van der Waals surface area contributed by atoms with Gasteiger partial charge in [0.25, 0.3) is 0 Å². The summed E-state index contributed by atoms with van der Waals surface area (Å²) in [7, 11) is 0. The maximum Gasteiger partial charge on any atom is 0.0960 e. The first-order valence-electron chi connectivity index (χ1n) is 6.28. The third-order valence-corrected chi connectivity index (χ3v) is 3.20. The van der Waals surface area contributed by atoms with Gasteiger partial charge < -0.3 is 4.57 Å². The molecule has 16 heavy (non-hydrogen) atoms. The number of nitrogens with zero attached hydrogens (tertiary/aromatic N) is 2. The van der Waals surface area contributed by atoms with Gasteiger partial charge in [-0.3, -0.25) is 0 Å². The topological polar surface area (TPSA) is 17.8 Å². The van der Waals surface area contributed by atoms with Gasteiger partial charge in [0, 0.05) is 6.04 Å². The van der Waals surface area contributed by atoms with Gasteiger partial charge in [0.05, 0.1) is 17.4 Å². The lowest BCUT2D eigenvalue weighted by Crippen LogP contribution is -2.15. The molecule has 2 aromatic rings. The zero-order valence-corrected chi connectivity index (χ0v) is 10.4. The van der Waals surface area contributed by atoms with Gasteiger partial charge in [0.2, 0.25) is 0 Å². The van der Waals surface area contributed by atoms with E-state index in [0.29, 0.717) is 6.04 Å².